The third kappa shape index (κ3) is 4.58. The molecule has 3 aromatic rings. The van der Waals surface area contributed by atoms with Gasteiger partial charge in [-0.05, 0) is 44.2 Å². The zero-order chi connectivity index (χ0) is 19.4. The molecule has 0 aliphatic rings. The summed E-state index contributed by atoms with van der Waals surface area (Å²) < 4.78 is 11.0. The Bertz CT molecular complexity index is 963. The highest BCUT2D eigenvalue weighted by Gasteiger charge is 2.20. The van der Waals surface area contributed by atoms with Crippen molar-refractivity contribution < 1.29 is 18.7 Å². The predicted octanol–water partition coefficient (Wildman–Crippen LogP) is 3.92. The molecule has 0 bridgehead atoms. The highest BCUT2D eigenvalue weighted by Crippen LogP contribution is 2.23. The zero-order valence-corrected chi connectivity index (χ0v) is 15.2. The lowest BCUT2D eigenvalue weighted by Crippen LogP contribution is -2.11. The van der Waals surface area contributed by atoms with Gasteiger partial charge in [-0.3, -0.25) is 4.79 Å². The molecule has 138 valence electrons. The molecule has 0 aliphatic carbocycles. The lowest BCUT2D eigenvalue weighted by Gasteiger charge is -2.10. The summed E-state index contributed by atoms with van der Waals surface area (Å²) in [4.78, 5) is 23.5. The van der Waals surface area contributed by atoms with E-state index in [1.54, 1.807) is 31.2 Å². The van der Waals surface area contributed by atoms with Crippen molar-refractivity contribution in [2.24, 2.45) is 0 Å². The molecule has 27 heavy (non-hydrogen) atoms. The third-order valence-corrected chi connectivity index (χ3v) is 3.79. The van der Waals surface area contributed by atoms with Crippen LogP contribution in [0.2, 0.25) is 0 Å². The average Bonchev–Trinajstić information content (AvgIpc) is 3.12. The number of anilines is 1. The van der Waals surface area contributed by atoms with Crippen LogP contribution in [0.25, 0.3) is 11.5 Å². The van der Waals surface area contributed by atoms with Gasteiger partial charge in [-0.1, -0.05) is 23.8 Å². The van der Waals surface area contributed by atoms with Gasteiger partial charge in [-0.25, -0.2) is 4.79 Å². The maximum Gasteiger partial charge on any atom is 0.338 e. The lowest BCUT2D eigenvalue weighted by atomic mass is 10.1. The minimum atomic E-state index is -0.714. The van der Waals surface area contributed by atoms with Gasteiger partial charge in [-0.15, -0.1) is 10.2 Å². The van der Waals surface area contributed by atoms with Crippen LogP contribution in [-0.4, -0.2) is 22.1 Å². The monoisotopic (exact) mass is 365 g/mol. The summed E-state index contributed by atoms with van der Waals surface area (Å²) in [6.07, 6.45) is -0.714. The Morgan fingerprint density at radius 3 is 2.56 bits per heavy atom. The SMILES string of the molecule is CC(=O)Nc1cccc(C(=O)O[C@@H](C)c2nnc(-c3ccc(C)cc3)o2)c1. The number of nitrogens with one attached hydrogen (secondary N) is 1. The van der Waals surface area contributed by atoms with Crippen LogP contribution >= 0.6 is 0 Å². The van der Waals surface area contributed by atoms with Crippen LogP contribution in [0.1, 0.15) is 41.8 Å². The zero-order valence-electron chi connectivity index (χ0n) is 15.2. The molecule has 0 saturated carbocycles. The first-order valence-electron chi connectivity index (χ1n) is 8.41. The normalized spacial score (nSPS) is 11.7. The fourth-order valence-electron chi connectivity index (χ4n) is 2.42. The molecule has 2 aromatic carbocycles. The number of benzene rings is 2. The van der Waals surface area contributed by atoms with Gasteiger partial charge in [0.1, 0.15) is 0 Å². The molecule has 7 heteroatoms. The molecule has 0 saturated heterocycles. The predicted molar refractivity (Wildman–Crippen MR) is 99.0 cm³/mol. The number of nitrogens with zero attached hydrogens (tertiary/aromatic N) is 2. The Morgan fingerprint density at radius 2 is 1.85 bits per heavy atom. The van der Waals surface area contributed by atoms with Gasteiger partial charge in [-0.2, -0.15) is 0 Å². The van der Waals surface area contributed by atoms with Crippen molar-refractivity contribution in [2.45, 2.75) is 26.9 Å². The molecule has 1 amide bonds. The van der Waals surface area contributed by atoms with Crippen molar-refractivity contribution in [2.75, 3.05) is 5.32 Å². The number of esters is 1. The number of amides is 1. The number of ether oxygens (including phenoxy) is 1. The standard InChI is InChI=1S/C20H19N3O4/c1-12-7-9-15(10-8-12)19-23-22-18(27-19)13(2)26-20(25)16-5-4-6-17(11-16)21-14(3)24/h4-11,13H,1-3H3,(H,21,24)/t13-/m0/s1. The van der Waals surface area contributed by atoms with Gasteiger partial charge in [0.05, 0.1) is 5.56 Å². The molecule has 0 fully saturated rings. The van der Waals surface area contributed by atoms with E-state index < -0.39 is 12.1 Å². The number of aryl methyl sites for hydroxylation is 1. The number of carbonyl (C=O) groups excluding carboxylic acids is 2. The molecule has 7 nitrogen and oxygen atoms in total. The Hall–Kier alpha value is -3.48. The van der Waals surface area contributed by atoms with E-state index in [0.717, 1.165) is 11.1 Å². The van der Waals surface area contributed by atoms with E-state index in [0.29, 0.717) is 17.1 Å². The summed E-state index contributed by atoms with van der Waals surface area (Å²) in [7, 11) is 0. The molecule has 1 heterocycles. The van der Waals surface area contributed by atoms with Gasteiger partial charge in [0, 0.05) is 18.2 Å². The van der Waals surface area contributed by atoms with E-state index in [-0.39, 0.29) is 11.8 Å². The number of hydrogen-bond acceptors (Lipinski definition) is 6. The van der Waals surface area contributed by atoms with E-state index in [4.69, 9.17) is 9.15 Å². The summed E-state index contributed by atoms with van der Waals surface area (Å²) in [5.41, 5.74) is 2.75. The second-order valence-electron chi connectivity index (χ2n) is 6.12. The number of carbonyl (C=O) groups is 2. The smallest absolute Gasteiger partial charge is 0.338 e. The van der Waals surface area contributed by atoms with Crippen LogP contribution < -0.4 is 5.32 Å². The van der Waals surface area contributed by atoms with E-state index in [1.165, 1.54) is 6.92 Å². The Labute approximate surface area is 156 Å². The van der Waals surface area contributed by atoms with Crippen LogP contribution in [0.15, 0.2) is 52.9 Å². The first-order chi connectivity index (χ1) is 12.9. The lowest BCUT2D eigenvalue weighted by molar-refractivity contribution is -0.114. The molecule has 0 spiro atoms. The Kier molecular flexibility index (Phi) is 5.30. The maximum atomic E-state index is 12.4. The van der Waals surface area contributed by atoms with E-state index in [1.807, 2.05) is 31.2 Å². The van der Waals surface area contributed by atoms with E-state index >= 15 is 0 Å². The summed E-state index contributed by atoms with van der Waals surface area (Å²) in [5, 5.41) is 10.6. The highest BCUT2D eigenvalue weighted by atomic mass is 16.6. The molecule has 3 rings (SSSR count). The van der Waals surface area contributed by atoms with Gasteiger partial charge >= 0.3 is 5.97 Å². The van der Waals surface area contributed by atoms with Gasteiger partial charge in [0.15, 0.2) is 6.10 Å². The topological polar surface area (TPSA) is 94.3 Å². The minimum Gasteiger partial charge on any atom is -0.449 e. The first kappa shape index (κ1) is 18.3. The van der Waals surface area contributed by atoms with E-state index in [9.17, 15) is 9.59 Å². The Balaban J connectivity index is 1.70. The molecule has 1 N–H and O–H groups in total. The average molecular weight is 365 g/mol. The molecule has 0 radical (unpaired) electrons. The van der Waals surface area contributed by atoms with Crippen molar-refractivity contribution in [1.82, 2.24) is 10.2 Å². The highest BCUT2D eigenvalue weighted by molar-refractivity contribution is 5.93. The van der Waals surface area contributed by atoms with Crippen LogP contribution in [0, 0.1) is 6.92 Å². The molecular weight excluding hydrogens is 346 g/mol. The summed E-state index contributed by atoms with van der Waals surface area (Å²) in [6, 6.07) is 14.2. The fourth-order valence-corrected chi connectivity index (χ4v) is 2.42. The number of aromatic nitrogens is 2. The van der Waals surface area contributed by atoms with Crippen LogP contribution in [0.3, 0.4) is 0 Å². The third-order valence-electron chi connectivity index (χ3n) is 3.79. The van der Waals surface area contributed by atoms with Crippen LogP contribution in [0.5, 0.6) is 0 Å². The summed E-state index contributed by atoms with van der Waals surface area (Å²) in [5.74, 6) is -0.203. The summed E-state index contributed by atoms with van der Waals surface area (Å²) in [6.45, 7) is 5.04. The molecule has 1 atom stereocenters. The molecular formula is C20H19N3O4. The quantitative estimate of drug-likeness (QED) is 0.689. The van der Waals surface area contributed by atoms with Crippen molar-refractivity contribution >= 4 is 17.6 Å². The van der Waals surface area contributed by atoms with Crippen LogP contribution in [0.4, 0.5) is 5.69 Å². The maximum absolute atomic E-state index is 12.4. The minimum absolute atomic E-state index is 0.206. The van der Waals surface area contributed by atoms with Gasteiger partial charge in [0.2, 0.25) is 11.8 Å². The number of hydrogen-bond donors (Lipinski definition) is 1. The Morgan fingerprint density at radius 1 is 1.11 bits per heavy atom. The van der Waals surface area contributed by atoms with Crippen LogP contribution in [-0.2, 0) is 9.53 Å². The number of rotatable bonds is 5. The molecule has 0 unspecified atom stereocenters. The van der Waals surface area contributed by atoms with Gasteiger partial charge < -0.3 is 14.5 Å². The first-order valence-corrected chi connectivity index (χ1v) is 8.41. The second kappa shape index (κ2) is 7.82. The largest absolute Gasteiger partial charge is 0.449 e. The van der Waals surface area contributed by atoms with Crippen molar-refractivity contribution in [3.63, 3.8) is 0 Å². The van der Waals surface area contributed by atoms with Crippen molar-refractivity contribution in [3.05, 3.63) is 65.5 Å². The summed E-state index contributed by atoms with van der Waals surface area (Å²) >= 11 is 0. The molecule has 1 aromatic heterocycles. The second-order valence-corrected chi connectivity index (χ2v) is 6.12. The van der Waals surface area contributed by atoms with Crippen molar-refractivity contribution in [1.29, 1.82) is 0 Å². The molecule has 0 aliphatic heterocycles. The fraction of sp³-hybridized carbons (Fsp3) is 0.200. The van der Waals surface area contributed by atoms with Crippen molar-refractivity contribution in [3.8, 4) is 11.5 Å². The van der Waals surface area contributed by atoms with Gasteiger partial charge in [0.25, 0.3) is 5.89 Å². The van der Waals surface area contributed by atoms with E-state index in [2.05, 4.69) is 15.5 Å².